The van der Waals surface area contributed by atoms with Gasteiger partial charge in [-0.1, -0.05) is 30.8 Å². The molecule has 2 aromatic rings. The van der Waals surface area contributed by atoms with Gasteiger partial charge in [-0.15, -0.1) is 0 Å². The Hall–Kier alpha value is -1.91. The first-order valence-corrected chi connectivity index (χ1v) is 7.36. The highest BCUT2D eigenvalue weighted by Crippen LogP contribution is 2.39. The van der Waals surface area contributed by atoms with Gasteiger partial charge in [0.15, 0.2) is 0 Å². The first-order valence-electron chi connectivity index (χ1n) is 7.36. The molecule has 1 saturated carbocycles. The highest BCUT2D eigenvalue weighted by molar-refractivity contribution is 5.75. The van der Waals surface area contributed by atoms with Crippen molar-refractivity contribution in [2.75, 3.05) is 5.73 Å². The van der Waals surface area contributed by atoms with E-state index in [2.05, 4.69) is 5.16 Å². The molecule has 3 rings (SSSR count). The molecule has 3 nitrogen and oxygen atoms in total. The average molecular weight is 292 g/mol. The second kappa shape index (κ2) is 5.84. The van der Waals surface area contributed by atoms with Crippen LogP contribution in [0.4, 0.5) is 14.7 Å². The minimum atomic E-state index is -0.627. The van der Waals surface area contributed by atoms with Gasteiger partial charge in [-0.05, 0) is 30.5 Å². The van der Waals surface area contributed by atoms with E-state index in [4.69, 9.17) is 10.3 Å². The molecule has 0 amide bonds. The van der Waals surface area contributed by atoms with E-state index in [1.165, 1.54) is 25.0 Å². The number of aromatic nitrogens is 1. The molecular weight excluding hydrogens is 274 g/mol. The number of rotatable bonds is 2. The van der Waals surface area contributed by atoms with Gasteiger partial charge in [-0.3, -0.25) is 0 Å². The van der Waals surface area contributed by atoms with Gasteiger partial charge < -0.3 is 10.3 Å². The molecule has 1 fully saturated rings. The topological polar surface area (TPSA) is 52.0 Å². The van der Waals surface area contributed by atoms with Crippen LogP contribution in [0.2, 0.25) is 0 Å². The highest BCUT2D eigenvalue weighted by atomic mass is 19.1. The fourth-order valence-electron chi connectivity index (χ4n) is 3.14. The number of nitrogens with zero attached hydrogens (tertiary/aromatic N) is 1. The summed E-state index contributed by atoms with van der Waals surface area (Å²) in [6, 6.07) is 3.39. The molecule has 0 radical (unpaired) electrons. The molecule has 1 aliphatic carbocycles. The number of nitrogens with two attached hydrogens (primary N) is 1. The number of anilines is 1. The third kappa shape index (κ3) is 2.91. The van der Waals surface area contributed by atoms with Crippen molar-refractivity contribution in [1.82, 2.24) is 5.16 Å². The Morgan fingerprint density at radius 3 is 2.24 bits per heavy atom. The van der Waals surface area contributed by atoms with Crippen molar-refractivity contribution in [1.29, 1.82) is 0 Å². The average Bonchev–Trinajstić information content (AvgIpc) is 2.65. The zero-order chi connectivity index (χ0) is 14.8. The van der Waals surface area contributed by atoms with Crippen LogP contribution in [0.1, 0.15) is 50.1 Å². The van der Waals surface area contributed by atoms with Crippen LogP contribution in [0, 0.1) is 11.6 Å². The lowest BCUT2D eigenvalue weighted by molar-refractivity contribution is 0.413. The van der Waals surface area contributed by atoms with E-state index in [1.807, 2.05) is 0 Å². The summed E-state index contributed by atoms with van der Waals surface area (Å²) in [5, 5.41) is 4.07. The zero-order valence-corrected chi connectivity index (χ0v) is 11.7. The summed E-state index contributed by atoms with van der Waals surface area (Å²) >= 11 is 0. The highest BCUT2D eigenvalue weighted by Gasteiger charge is 2.25. The fraction of sp³-hybridized carbons (Fsp3) is 0.438. The molecule has 0 saturated heterocycles. The molecule has 0 unspecified atom stereocenters. The molecule has 1 aliphatic rings. The molecule has 0 atom stereocenters. The zero-order valence-electron chi connectivity index (χ0n) is 11.7. The second-order valence-electron chi connectivity index (χ2n) is 5.65. The van der Waals surface area contributed by atoms with Crippen LogP contribution in [0.15, 0.2) is 22.7 Å². The quantitative estimate of drug-likeness (QED) is 0.820. The van der Waals surface area contributed by atoms with Crippen molar-refractivity contribution in [3.8, 4) is 11.1 Å². The molecule has 21 heavy (non-hydrogen) atoms. The Morgan fingerprint density at radius 1 is 1.00 bits per heavy atom. The van der Waals surface area contributed by atoms with Crippen LogP contribution in [-0.2, 0) is 0 Å². The Kier molecular flexibility index (Phi) is 3.90. The van der Waals surface area contributed by atoms with Crippen molar-refractivity contribution in [2.24, 2.45) is 0 Å². The van der Waals surface area contributed by atoms with Crippen LogP contribution in [0.5, 0.6) is 0 Å². The van der Waals surface area contributed by atoms with E-state index in [0.717, 1.165) is 37.4 Å². The van der Waals surface area contributed by atoms with Gasteiger partial charge >= 0.3 is 0 Å². The predicted octanol–water partition coefficient (Wildman–Crippen LogP) is 4.64. The molecule has 2 N–H and O–H groups in total. The van der Waals surface area contributed by atoms with Crippen LogP contribution >= 0.6 is 0 Å². The smallest absolute Gasteiger partial charge is 0.230 e. The standard InChI is InChI=1S/C16H18F2N2O/c17-12-7-11(8-13(18)9-12)14-15(20-21-16(14)19)10-5-3-1-2-4-6-10/h7-10H,1-6,19H2. The lowest BCUT2D eigenvalue weighted by Crippen LogP contribution is -2.01. The van der Waals surface area contributed by atoms with E-state index in [0.29, 0.717) is 11.1 Å². The monoisotopic (exact) mass is 292 g/mol. The van der Waals surface area contributed by atoms with Gasteiger partial charge in [-0.25, -0.2) is 8.78 Å². The summed E-state index contributed by atoms with van der Waals surface area (Å²) in [4.78, 5) is 0. The molecule has 5 heteroatoms. The number of hydrogen-bond acceptors (Lipinski definition) is 3. The lowest BCUT2D eigenvalue weighted by Gasteiger charge is -2.13. The molecule has 1 aromatic heterocycles. The van der Waals surface area contributed by atoms with Crippen LogP contribution in [0.3, 0.4) is 0 Å². The maximum Gasteiger partial charge on any atom is 0.230 e. The number of nitrogen functional groups attached to an aromatic ring is 1. The molecule has 1 heterocycles. The first-order chi connectivity index (χ1) is 10.1. The van der Waals surface area contributed by atoms with Crippen molar-refractivity contribution in [3.63, 3.8) is 0 Å². The van der Waals surface area contributed by atoms with Gasteiger partial charge in [0.05, 0.1) is 11.3 Å². The summed E-state index contributed by atoms with van der Waals surface area (Å²) < 4.78 is 32.0. The molecule has 1 aromatic carbocycles. The largest absolute Gasteiger partial charge is 0.367 e. The SMILES string of the molecule is Nc1onc(C2CCCCCC2)c1-c1cc(F)cc(F)c1. The second-order valence-corrected chi connectivity index (χ2v) is 5.65. The minimum absolute atomic E-state index is 0.124. The third-order valence-corrected chi connectivity index (χ3v) is 4.14. The Bertz CT molecular complexity index is 611. The van der Waals surface area contributed by atoms with Crippen LogP contribution in [0.25, 0.3) is 11.1 Å². The number of hydrogen-bond donors (Lipinski definition) is 1. The van der Waals surface area contributed by atoms with Crippen LogP contribution in [-0.4, -0.2) is 5.16 Å². The van der Waals surface area contributed by atoms with Gasteiger partial charge in [0.2, 0.25) is 5.88 Å². The maximum absolute atomic E-state index is 13.5. The normalized spacial score (nSPS) is 16.9. The van der Waals surface area contributed by atoms with Gasteiger partial charge in [0, 0.05) is 12.0 Å². The van der Waals surface area contributed by atoms with Gasteiger partial charge in [0.1, 0.15) is 11.6 Å². The van der Waals surface area contributed by atoms with E-state index in [-0.39, 0.29) is 11.8 Å². The number of halogens is 2. The molecule has 112 valence electrons. The fourth-order valence-corrected chi connectivity index (χ4v) is 3.14. The molecule has 0 aliphatic heterocycles. The van der Waals surface area contributed by atoms with Gasteiger partial charge in [-0.2, -0.15) is 0 Å². The third-order valence-electron chi connectivity index (χ3n) is 4.14. The van der Waals surface area contributed by atoms with Crippen molar-refractivity contribution in [2.45, 2.75) is 44.4 Å². The molecule has 0 spiro atoms. The predicted molar refractivity (Wildman–Crippen MR) is 76.7 cm³/mol. The van der Waals surface area contributed by atoms with E-state index >= 15 is 0 Å². The summed E-state index contributed by atoms with van der Waals surface area (Å²) in [5.41, 5.74) is 7.52. The maximum atomic E-state index is 13.5. The summed E-state index contributed by atoms with van der Waals surface area (Å²) in [7, 11) is 0. The van der Waals surface area contributed by atoms with E-state index in [9.17, 15) is 8.78 Å². The van der Waals surface area contributed by atoms with Crippen molar-refractivity contribution in [3.05, 3.63) is 35.5 Å². The summed E-state index contributed by atoms with van der Waals surface area (Å²) in [5.74, 6) is -0.885. The Labute approximate surface area is 122 Å². The minimum Gasteiger partial charge on any atom is -0.367 e. The van der Waals surface area contributed by atoms with Crippen molar-refractivity contribution >= 4 is 5.88 Å². The lowest BCUT2D eigenvalue weighted by atomic mass is 9.91. The Morgan fingerprint density at radius 2 is 1.62 bits per heavy atom. The summed E-state index contributed by atoms with van der Waals surface area (Å²) in [6.45, 7) is 0. The molecular formula is C16H18F2N2O. The van der Waals surface area contributed by atoms with Gasteiger partial charge in [0.25, 0.3) is 0 Å². The van der Waals surface area contributed by atoms with Crippen molar-refractivity contribution < 1.29 is 13.3 Å². The van der Waals surface area contributed by atoms with E-state index < -0.39 is 11.6 Å². The molecule has 0 bridgehead atoms. The Balaban J connectivity index is 2.03. The van der Waals surface area contributed by atoms with E-state index in [1.54, 1.807) is 0 Å². The summed E-state index contributed by atoms with van der Waals surface area (Å²) in [6.07, 6.45) is 6.72. The van der Waals surface area contributed by atoms with Crippen LogP contribution < -0.4 is 5.73 Å². The number of benzene rings is 1. The first kappa shape index (κ1) is 14.0.